The summed E-state index contributed by atoms with van der Waals surface area (Å²) in [5.74, 6) is 0.491. The summed E-state index contributed by atoms with van der Waals surface area (Å²) >= 11 is 0. The van der Waals surface area contributed by atoms with Crippen molar-refractivity contribution in [2.24, 2.45) is 17.1 Å². The van der Waals surface area contributed by atoms with E-state index in [4.69, 9.17) is 10.5 Å². The van der Waals surface area contributed by atoms with E-state index in [2.05, 4.69) is 13.8 Å². The van der Waals surface area contributed by atoms with E-state index in [1.54, 1.807) is 0 Å². The molecule has 0 bridgehead atoms. The molecule has 0 aromatic heterocycles. The predicted molar refractivity (Wildman–Crippen MR) is 82.6 cm³/mol. The van der Waals surface area contributed by atoms with Crippen LogP contribution in [0.1, 0.15) is 71.6 Å². The molecule has 3 heteroatoms. The van der Waals surface area contributed by atoms with Crippen LogP contribution in [0.2, 0.25) is 0 Å². The number of aliphatic hydroxyl groups is 1. The second-order valence-electron chi connectivity index (χ2n) is 7.48. The maximum atomic E-state index is 9.98. The summed E-state index contributed by atoms with van der Waals surface area (Å²) in [6, 6.07) is 0. The second-order valence-corrected chi connectivity index (χ2v) is 7.48. The van der Waals surface area contributed by atoms with E-state index >= 15 is 0 Å². The topological polar surface area (TPSA) is 55.5 Å². The lowest BCUT2D eigenvalue weighted by Crippen LogP contribution is -2.67. The minimum absolute atomic E-state index is 0.174. The van der Waals surface area contributed by atoms with Crippen molar-refractivity contribution in [3.63, 3.8) is 0 Å². The first-order chi connectivity index (χ1) is 9.52. The Bertz CT molecular complexity index is 299. The van der Waals surface area contributed by atoms with Crippen LogP contribution >= 0.6 is 0 Å². The van der Waals surface area contributed by atoms with Gasteiger partial charge in [-0.25, -0.2) is 0 Å². The van der Waals surface area contributed by atoms with Crippen LogP contribution in [0.25, 0.3) is 0 Å². The van der Waals surface area contributed by atoms with Crippen LogP contribution in [0.5, 0.6) is 0 Å². The Kier molecular flexibility index (Phi) is 5.49. The highest BCUT2D eigenvalue weighted by Gasteiger charge is 2.53. The molecule has 0 spiro atoms. The highest BCUT2D eigenvalue weighted by Crippen LogP contribution is 2.46. The molecule has 0 unspecified atom stereocenters. The molecular weight excluding hydrogens is 250 g/mol. The minimum Gasteiger partial charge on any atom is -0.396 e. The summed E-state index contributed by atoms with van der Waals surface area (Å²) in [4.78, 5) is 0. The zero-order chi connectivity index (χ0) is 14.6. The lowest BCUT2D eigenvalue weighted by molar-refractivity contribution is -0.133. The van der Waals surface area contributed by atoms with E-state index in [0.717, 1.165) is 6.42 Å². The SMILES string of the molecule is C[C@H]1C[C@@](C)(CO)[C@](N)(C2CCCCCCCC2)CO1. The van der Waals surface area contributed by atoms with Crippen molar-refractivity contribution in [2.75, 3.05) is 13.2 Å². The van der Waals surface area contributed by atoms with Crippen molar-refractivity contribution >= 4 is 0 Å². The molecular formula is C17H33NO2. The lowest BCUT2D eigenvalue weighted by Gasteiger charge is -2.54. The fraction of sp³-hybridized carbons (Fsp3) is 1.00. The van der Waals surface area contributed by atoms with Gasteiger partial charge in [-0.05, 0) is 32.1 Å². The van der Waals surface area contributed by atoms with E-state index in [9.17, 15) is 5.11 Å². The summed E-state index contributed by atoms with van der Waals surface area (Å²) in [7, 11) is 0. The number of ether oxygens (including phenoxy) is 1. The van der Waals surface area contributed by atoms with E-state index in [1.165, 1.54) is 51.4 Å². The zero-order valence-electron chi connectivity index (χ0n) is 13.4. The van der Waals surface area contributed by atoms with Crippen LogP contribution in [0.3, 0.4) is 0 Å². The van der Waals surface area contributed by atoms with Gasteiger partial charge in [0.1, 0.15) is 0 Å². The molecule has 2 aliphatic rings. The normalized spacial score (nSPS) is 41.7. The summed E-state index contributed by atoms with van der Waals surface area (Å²) < 4.78 is 5.91. The Morgan fingerprint density at radius 1 is 1.10 bits per heavy atom. The maximum Gasteiger partial charge on any atom is 0.0658 e. The molecule has 3 atom stereocenters. The number of hydrogen-bond donors (Lipinski definition) is 2. The lowest BCUT2D eigenvalue weighted by atomic mass is 9.60. The van der Waals surface area contributed by atoms with Gasteiger partial charge in [0.25, 0.3) is 0 Å². The van der Waals surface area contributed by atoms with Crippen LogP contribution < -0.4 is 5.73 Å². The summed E-state index contributed by atoms with van der Waals surface area (Å²) in [6.07, 6.45) is 11.4. The quantitative estimate of drug-likeness (QED) is 0.818. The molecule has 0 aromatic rings. The third-order valence-electron chi connectivity index (χ3n) is 5.90. The van der Waals surface area contributed by atoms with Crippen molar-refractivity contribution in [1.82, 2.24) is 0 Å². The first-order valence-electron chi connectivity index (χ1n) is 8.53. The van der Waals surface area contributed by atoms with Gasteiger partial charge in [0.2, 0.25) is 0 Å². The Balaban J connectivity index is 2.16. The van der Waals surface area contributed by atoms with Gasteiger partial charge < -0.3 is 15.6 Å². The zero-order valence-corrected chi connectivity index (χ0v) is 13.4. The summed E-state index contributed by atoms with van der Waals surface area (Å²) in [5.41, 5.74) is 6.30. The van der Waals surface area contributed by atoms with Gasteiger partial charge in [0.05, 0.1) is 19.3 Å². The van der Waals surface area contributed by atoms with E-state index in [1.807, 2.05) is 0 Å². The molecule has 1 saturated carbocycles. The molecule has 118 valence electrons. The molecule has 1 saturated heterocycles. The molecule has 1 aliphatic carbocycles. The fourth-order valence-corrected chi connectivity index (χ4v) is 4.31. The average Bonchev–Trinajstić information content (AvgIpc) is 2.57. The molecule has 1 heterocycles. The highest BCUT2D eigenvalue weighted by molar-refractivity contribution is 5.07. The van der Waals surface area contributed by atoms with Crippen LogP contribution in [-0.2, 0) is 4.74 Å². The smallest absolute Gasteiger partial charge is 0.0658 e. The van der Waals surface area contributed by atoms with Crippen molar-refractivity contribution in [3.8, 4) is 0 Å². The van der Waals surface area contributed by atoms with Crippen LogP contribution in [-0.4, -0.2) is 30.0 Å². The van der Waals surface area contributed by atoms with Crippen LogP contribution in [0.4, 0.5) is 0 Å². The summed E-state index contributed by atoms with van der Waals surface area (Å²) in [6.45, 7) is 5.04. The second kappa shape index (κ2) is 6.76. The third-order valence-corrected chi connectivity index (χ3v) is 5.90. The van der Waals surface area contributed by atoms with Crippen molar-refractivity contribution < 1.29 is 9.84 Å². The molecule has 2 fully saturated rings. The van der Waals surface area contributed by atoms with Crippen LogP contribution in [0.15, 0.2) is 0 Å². The van der Waals surface area contributed by atoms with Gasteiger partial charge >= 0.3 is 0 Å². The standard InChI is InChI=1S/C17H33NO2/c1-14-11-16(2,12-19)17(18,13-20-14)15-9-7-5-3-4-6-8-10-15/h14-15,19H,3-13,18H2,1-2H3/t14-,16-,17+/m0/s1. The van der Waals surface area contributed by atoms with E-state index < -0.39 is 0 Å². The Morgan fingerprint density at radius 2 is 1.65 bits per heavy atom. The number of aliphatic hydroxyl groups excluding tert-OH is 1. The molecule has 1 aliphatic heterocycles. The average molecular weight is 283 g/mol. The van der Waals surface area contributed by atoms with Gasteiger partial charge in [-0.15, -0.1) is 0 Å². The Morgan fingerprint density at radius 3 is 2.20 bits per heavy atom. The molecule has 0 aromatic carbocycles. The molecule has 20 heavy (non-hydrogen) atoms. The van der Waals surface area contributed by atoms with Crippen molar-refractivity contribution in [2.45, 2.75) is 83.3 Å². The third kappa shape index (κ3) is 3.20. The number of hydrogen-bond acceptors (Lipinski definition) is 3. The maximum absolute atomic E-state index is 9.98. The van der Waals surface area contributed by atoms with Crippen molar-refractivity contribution in [1.29, 1.82) is 0 Å². The molecule has 0 amide bonds. The Hall–Kier alpha value is -0.120. The van der Waals surface area contributed by atoms with Crippen molar-refractivity contribution in [3.05, 3.63) is 0 Å². The van der Waals surface area contributed by atoms with Gasteiger partial charge in [0.15, 0.2) is 0 Å². The molecule has 3 nitrogen and oxygen atoms in total. The van der Waals surface area contributed by atoms with Crippen LogP contribution in [0, 0.1) is 11.3 Å². The largest absolute Gasteiger partial charge is 0.396 e. The number of nitrogens with two attached hydrogens (primary N) is 1. The minimum atomic E-state index is -0.362. The van der Waals surface area contributed by atoms with E-state index in [-0.39, 0.29) is 23.7 Å². The predicted octanol–water partition coefficient (Wildman–Crippen LogP) is 3.24. The monoisotopic (exact) mass is 283 g/mol. The van der Waals surface area contributed by atoms with Gasteiger partial charge in [-0.1, -0.05) is 45.4 Å². The highest BCUT2D eigenvalue weighted by atomic mass is 16.5. The van der Waals surface area contributed by atoms with Gasteiger partial charge in [0, 0.05) is 11.0 Å². The first kappa shape index (κ1) is 16.3. The summed E-state index contributed by atoms with van der Waals surface area (Å²) in [5, 5.41) is 9.98. The molecule has 0 radical (unpaired) electrons. The number of rotatable bonds is 2. The molecule has 3 N–H and O–H groups in total. The van der Waals surface area contributed by atoms with Gasteiger partial charge in [-0.2, -0.15) is 0 Å². The van der Waals surface area contributed by atoms with Gasteiger partial charge in [-0.3, -0.25) is 0 Å². The van der Waals surface area contributed by atoms with E-state index in [0.29, 0.717) is 12.5 Å². The molecule has 2 rings (SSSR count). The Labute approximate surface area is 124 Å². The first-order valence-corrected chi connectivity index (χ1v) is 8.53. The fourth-order valence-electron chi connectivity index (χ4n) is 4.31.